The van der Waals surface area contributed by atoms with Crippen molar-refractivity contribution in [2.24, 2.45) is 5.92 Å². The highest BCUT2D eigenvalue weighted by Gasteiger charge is 2.27. The smallest absolute Gasteiger partial charge is 0.223 e. The van der Waals surface area contributed by atoms with Gasteiger partial charge in [0.25, 0.3) is 0 Å². The molecule has 3 heterocycles. The molecule has 28 heavy (non-hydrogen) atoms. The molecule has 0 unspecified atom stereocenters. The maximum absolute atomic E-state index is 12.6. The molecule has 1 amide bonds. The molecule has 4 rings (SSSR count). The molecule has 0 bridgehead atoms. The molecule has 1 aromatic carbocycles. The maximum Gasteiger partial charge on any atom is 0.223 e. The number of fused-ring (bicyclic) bond motifs is 1. The van der Waals surface area contributed by atoms with E-state index in [0.29, 0.717) is 18.9 Å². The third-order valence-corrected chi connectivity index (χ3v) is 5.73. The van der Waals surface area contributed by atoms with Crippen LogP contribution in [0, 0.1) is 5.92 Å². The molecule has 0 radical (unpaired) electrons. The van der Waals surface area contributed by atoms with Crippen LogP contribution < -0.4 is 14.8 Å². The summed E-state index contributed by atoms with van der Waals surface area (Å²) in [5.41, 5.74) is 0.964. The minimum atomic E-state index is -0.188. The predicted octanol–water partition coefficient (Wildman–Crippen LogP) is 2.41. The lowest BCUT2D eigenvalue weighted by Crippen LogP contribution is -2.45. The molecule has 1 N–H and O–H groups in total. The van der Waals surface area contributed by atoms with Crippen LogP contribution in [0.3, 0.4) is 0 Å². The fraction of sp³-hybridized carbons (Fsp3) is 0.450. The van der Waals surface area contributed by atoms with Gasteiger partial charge in [0, 0.05) is 31.1 Å². The number of carbonyl (C=O) groups excluding carboxylic acids is 1. The van der Waals surface area contributed by atoms with E-state index in [2.05, 4.69) is 36.1 Å². The van der Waals surface area contributed by atoms with Crippen molar-refractivity contribution < 1.29 is 14.3 Å². The summed E-state index contributed by atoms with van der Waals surface area (Å²) < 4.78 is 12.6. The third kappa shape index (κ3) is 4.62. The van der Waals surface area contributed by atoms with E-state index in [-0.39, 0.29) is 17.9 Å². The van der Waals surface area contributed by atoms with Crippen LogP contribution in [0.15, 0.2) is 41.3 Å². The largest absolute Gasteiger partial charge is 0.486 e. The van der Waals surface area contributed by atoms with Crippen molar-refractivity contribution in [3.05, 3.63) is 47.0 Å². The van der Waals surface area contributed by atoms with Gasteiger partial charge < -0.3 is 14.8 Å². The summed E-state index contributed by atoms with van der Waals surface area (Å²) in [5.74, 6) is 1.57. The summed E-state index contributed by atoms with van der Waals surface area (Å²) >= 11 is 3.48. The molecule has 2 aromatic rings. The van der Waals surface area contributed by atoms with Gasteiger partial charge in [0.15, 0.2) is 17.6 Å². The quantitative estimate of drug-likeness (QED) is 0.759. The monoisotopic (exact) mass is 446 g/mol. The molecule has 148 valence electrons. The van der Waals surface area contributed by atoms with Crippen molar-refractivity contribution >= 4 is 21.8 Å². The molecule has 1 saturated heterocycles. The summed E-state index contributed by atoms with van der Waals surface area (Å²) in [6.45, 7) is 3.43. The highest BCUT2D eigenvalue weighted by molar-refractivity contribution is 9.10. The van der Waals surface area contributed by atoms with Crippen molar-refractivity contribution in [3.63, 3.8) is 0 Å². The van der Waals surface area contributed by atoms with E-state index in [0.717, 1.165) is 48.4 Å². The highest BCUT2D eigenvalue weighted by atomic mass is 79.9. The number of ether oxygens (including phenoxy) is 2. The second-order valence-corrected chi connectivity index (χ2v) is 7.96. The second kappa shape index (κ2) is 8.87. The van der Waals surface area contributed by atoms with E-state index >= 15 is 0 Å². The number of para-hydroxylation sites is 1. The lowest BCUT2D eigenvalue weighted by Gasteiger charge is -2.31. The number of rotatable bonds is 5. The topological polar surface area (TPSA) is 76.6 Å². The van der Waals surface area contributed by atoms with Gasteiger partial charge in [-0.3, -0.25) is 19.7 Å². The van der Waals surface area contributed by atoms with Gasteiger partial charge in [-0.15, -0.1) is 0 Å². The van der Waals surface area contributed by atoms with E-state index in [1.54, 1.807) is 18.6 Å². The van der Waals surface area contributed by atoms with Gasteiger partial charge in [0.1, 0.15) is 6.61 Å². The fourth-order valence-electron chi connectivity index (χ4n) is 3.55. The fourth-order valence-corrected chi connectivity index (χ4v) is 4.00. The maximum atomic E-state index is 12.6. The molecule has 1 aromatic heterocycles. The number of nitrogens with zero attached hydrogens (tertiary/aromatic N) is 3. The van der Waals surface area contributed by atoms with Crippen LogP contribution in [-0.2, 0) is 11.3 Å². The van der Waals surface area contributed by atoms with Crippen LogP contribution >= 0.6 is 15.9 Å². The SMILES string of the molecule is O=C(NC[C@@H]1COc2cccc(Br)c2O1)C1CCN(Cc2cnccn2)CC1. The van der Waals surface area contributed by atoms with Gasteiger partial charge in [-0.05, 0) is 54.0 Å². The Hall–Kier alpha value is -2.19. The van der Waals surface area contributed by atoms with Gasteiger partial charge in [0.05, 0.1) is 16.7 Å². The molecule has 8 heteroatoms. The molecule has 7 nitrogen and oxygen atoms in total. The molecule has 2 aliphatic heterocycles. The van der Waals surface area contributed by atoms with Crippen LogP contribution in [0.4, 0.5) is 0 Å². The Balaban J connectivity index is 1.22. The van der Waals surface area contributed by atoms with Crippen LogP contribution in [0.25, 0.3) is 0 Å². The average Bonchev–Trinajstić information content (AvgIpc) is 2.74. The van der Waals surface area contributed by atoms with Crippen molar-refractivity contribution in [1.29, 1.82) is 0 Å². The Morgan fingerprint density at radius 2 is 2.14 bits per heavy atom. The number of likely N-dealkylation sites (tertiary alicyclic amines) is 1. The number of hydrogen-bond acceptors (Lipinski definition) is 6. The van der Waals surface area contributed by atoms with Crippen molar-refractivity contribution in [2.75, 3.05) is 26.2 Å². The van der Waals surface area contributed by atoms with Gasteiger partial charge >= 0.3 is 0 Å². The first kappa shape index (κ1) is 19.1. The first-order chi connectivity index (χ1) is 13.7. The summed E-state index contributed by atoms with van der Waals surface area (Å²) in [5, 5.41) is 3.04. The van der Waals surface area contributed by atoms with Crippen molar-refractivity contribution in [3.8, 4) is 11.5 Å². The van der Waals surface area contributed by atoms with Crippen molar-refractivity contribution in [1.82, 2.24) is 20.2 Å². The molecule has 1 fully saturated rings. The van der Waals surface area contributed by atoms with E-state index in [9.17, 15) is 4.79 Å². The molecular weight excluding hydrogens is 424 g/mol. The summed E-state index contributed by atoms with van der Waals surface area (Å²) in [4.78, 5) is 23.3. The number of carbonyl (C=O) groups is 1. The average molecular weight is 447 g/mol. The van der Waals surface area contributed by atoms with Crippen LogP contribution in [-0.4, -0.2) is 53.1 Å². The minimum absolute atomic E-state index is 0.0432. The van der Waals surface area contributed by atoms with Gasteiger partial charge in [0.2, 0.25) is 5.91 Å². The zero-order chi connectivity index (χ0) is 19.3. The zero-order valence-corrected chi connectivity index (χ0v) is 17.1. The molecule has 1 atom stereocenters. The van der Waals surface area contributed by atoms with E-state index in [4.69, 9.17) is 9.47 Å². The number of aromatic nitrogens is 2. The molecule has 2 aliphatic rings. The highest BCUT2D eigenvalue weighted by Crippen LogP contribution is 2.38. The van der Waals surface area contributed by atoms with Gasteiger partial charge in [-0.2, -0.15) is 0 Å². The number of piperidine rings is 1. The predicted molar refractivity (Wildman–Crippen MR) is 107 cm³/mol. The number of amides is 1. The number of halogens is 1. The molecule has 0 spiro atoms. The first-order valence-corrected chi connectivity index (χ1v) is 10.3. The Morgan fingerprint density at radius 3 is 2.93 bits per heavy atom. The molecular formula is C20H23BrN4O3. The van der Waals surface area contributed by atoms with E-state index in [1.165, 1.54) is 0 Å². The number of nitrogens with one attached hydrogen (secondary N) is 1. The van der Waals surface area contributed by atoms with E-state index < -0.39 is 0 Å². The Labute approximate surface area is 172 Å². The van der Waals surface area contributed by atoms with Crippen LogP contribution in [0.1, 0.15) is 18.5 Å². The van der Waals surface area contributed by atoms with Crippen LogP contribution in [0.5, 0.6) is 11.5 Å². The second-order valence-electron chi connectivity index (χ2n) is 7.11. The summed E-state index contributed by atoms with van der Waals surface area (Å²) in [6.07, 6.45) is 6.70. The number of hydrogen-bond donors (Lipinski definition) is 1. The van der Waals surface area contributed by atoms with Gasteiger partial charge in [-0.1, -0.05) is 6.07 Å². The molecule has 0 saturated carbocycles. The lowest BCUT2D eigenvalue weighted by molar-refractivity contribution is -0.127. The lowest BCUT2D eigenvalue weighted by atomic mass is 9.95. The van der Waals surface area contributed by atoms with Gasteiger partial charge in [-0.25, -0.2) is 0 Å². The first-order valence-electron chi connectivity index (χ1n) is 9.52. The van der Waals surface area contributed by atoms with E-state index in [1.807, 2.05) is 18.2 Å². The van der Waals surface area contributed by atoms with Crippen LogP contribution in [0.2, 0.25) is 0 Å². The Morgan fingerprint density at radius 1 is 1.29 bits per heavy atom. The Bertz CT molecular complexity index is 812. The zero-order valence-electron chi connectivity index (χ0n) is 15.5. The number of benzene rings is 1. The Kier molecular flexibility index (Phi) is 6.07. The minimum Gasteiger partial charge on any atom is -0.486 e. The summed E-state index contributed by atoms with van der Waals surface area (Å²) in [6, 6.07) is 5.70. The standard InChI is InChI=1S/C20H23BrN4O3/c21-17-2-1-3-18-19(17)28-16(13-27-18)11-24-20(26)14-4-8-25(9-5-14)12-15-10-22-6-7-23-15/h1-3,6-7,10,14,16H,4-5,8-9,11-13H2,(H,24,26)/t16-/m1/s1. The summed E-state index contributed by atoms with van der Waals surface area (Å²) in [7, 11) is 0. The molecule has 0 aliphatic carbocycles. The third-order valence-electron chi connectivity index (χ3n) is 5.10. The normalized spacial score (nSPS) is 20.0. The van der Waals surface area contributed by atoms with Crippen molar-refractivity contribution in [2.45, 2.75) is 25.5 Å².